The van der Waals surface area contributed by atoms with E-state index < -0.39 is 0 Å². The summed E-state index contributed by atoms with van der Waals surface area (Å²) >= 11 is 0. The molecule has 1 atom stereocenters. The topological polar surface area (TPSA) is 67.7 Å². The molecule has 0 N–H and O–H groups in total. The van der Waals surface area contributed by atoms with Gasteiger partial charge in [-0.25, -0.2) is 0 Å². The number of methoxy groups -OCH3 is 1. The first-order valence-corrected chi connectivity index (χ1v) is 9.23. The van der Waals surface area contributed by atoms with E-state index in [9.17, 15) is 9.59 Å². The van der Waals surface area contributed by atoms with Crippen LogP contribution >= 0.6 is 0 Å². The maximum absolute atomic E-state index is 12.9. The van der Waals surface area contributed by atoms with Crippen molar-refractivity contribution in [1.29, 1.82) is 0 Å². The van der Waals surface area contributed by atoms with E-state index >= 15 is 0 Å². The largest absolute Gasteiger partial charge is 0.495 e. The summed E-state index contributed by atoms with van der Waals surface area (Å²) in [7, 11) is 1.58. The van der Waals surface area contributed by atoms with Gasteiger partial charge in [-0.15, -0.1) is 0 Å². The van der Waals surface area contributed by atoms with E-state index in [1.54, 1.807) is 12.0 Å². The molecule has 2 aliphatic rings. The molecule has 2 aliphatic heterocycles. The van der Waals surface area contributed by atoms with Gasteiger partial charge in [-0.1, -0.05) is 12.1 Å². The van der Waals surface area contributed by atoms with Gasteiger partial charge in [-0.05, 0) is 32.0 Å². The zero-order valence-corrected chi connectivity index (χ0v) is 15.9. The summed E-state index contributed by atoms with van der Waals surface area (Å²) in [5.41, 5.74) is 2.83. The lowest BCUT2D eigenvalue weighted by Gasteiger charge is -2.41. The highest BCUT2D eigenvalue weighted by atomic mass is 16.5. The number of rotatable bonds is 4. The van der Waals surface area contributed by atoms with Crippen LogP contribution in [-0.4, -0.2) is 53.2 Å². The van der Waals surface area contributed by atoms with Crippen LogP contribution in [0.5, 0.6) is 5.75 Å². The SMILES string of the molecule is COc1ccccc1N1C[C@H](C(=O)N2CC(n3nc(C)cc3C)C2)CC1=O. The lowest BCUT2D eigenvalue weighted by Crippen LogP contribution is -2.53. The molecule has 2 saturated heterocycles. The predicted molar refractivity (Wildman–Crippen MR) is 101 cm³/mol. The summed E-state index contributed by atoms with van der Waals surface area (Å²) in [6.45, 7) is 5.71. The van der Waals surface area contributed by atoms with Gasteiger partial charge in [-0.3, -0.25) is 14.3 Å². The number of hydrogen-bond donors (Lipinski definition) is 0. The third kappa shape index (κ3) is 3.07. The van der Waals surface area contributed by atoms with E-state index in [1.807, 2.05) is 53.8 Å². The molecule has 4 rings (SSSR count). The molecule has 7 heteroatoms. The number of aryl methyl sites for hydroxylation is 2. The lowest BCUT2D eigenvalue weighted by atomic mass is 10.0. The number of aromatic nitrogens is 2. The summed E-state index contributed by atoms with van der Waals surface area (Å²) < 4.78 is 7.36. The molecule has 0 spiro atoms. The van der Waals surface area contributed by atoms with Crippen LogP contribution in [0.3, 0.4) is 0 Å². The summed E-state index contributed by atoms with van der Waals surface area (Å²) in [5.74, 6) is 0.364. The number of hydrogen-bond acceptors (Lipinski definition) is 4. The van der Waals surface area contributed by atoms with Crippen LogP contribution in [0.15, 0.2) is 30.3 Å². The zero-order valence-electron chi connectivity index (χ0n) is 15.9. The van der Waals surface area contributed by atoms with Crippen molar-refractivity contribution in [3.05, 3.63) is 41.7 Å². The number of nitrogens with zero attached hydrogens (tertiary/aromatic N) is 4. The second-order valence-corrected chi connectivity index (χ2v) is 7.35. The van der Waals surface area contributed by atoms with Gasteiger partial charge < -0.3 is 14.5 Å². The number of carbonyl (C=O) groups excluding carboxylic acids is 2. The second-order valence-electron chi connectivity index (χ2n) is 7.35. The average molecular weight is 368 g/mol. The van der Waals surface area contributed by atoms with Crippen molar-refractivity contribution >= 4 is 17.5 Å². The normalized spacial score (nSPS) is 20.1. The lowest BCUT2D eigenvalue weighted by molar-refractivity contribution is -0.141. The Morgan fingerprint density at radius 3 is 2.59 bits per heavy atom. The first-order valence-electron chi connectivity index (χ1n) is 9.23. The molecule has 2 fully saturated rings. The minimum atomic E-state index is -0.302. The third-order valence-electron chi connectivity index (χ3n) is 5.41. The van der Waals surface area contributed by atoms with E-state index in [-0.39, 0.29) is 30.2 Å². The van der Waals surface area contributed by atoms with Gasteiger partial charge >= 0.3 is 0 Å². The van der Waals surface area contributed by atoms with Crippen LogP contribution in [0, 0.1) is 19.8 Å². The van der Waals surface area contributed by atoms with Crippen molar-refractivity contribution in [3.63, 3.8) is 0 Å². The molecule has 1 aromatic carbocycles. The van der Waals surface area contributed by atoms with E-state index in [0.29, 0.717) is 25.4 Å². The van der Waals surface area contributed by atoms with Gasteiger partial charge in [0.1, 0.15) is 5.75 Å². The maximum atomic E-state index is 12.9. The average Bonchev–Trinajstić information content (AvgIpc) is 3.15. The highest BCUT2D eigenvalue weighted by Gasteiger charge is 2.42. The Morgan fingerprint density at radius 1 is 1.19 bits per heavy atom. The van der Waals surface area contributed by atoms with Gasteiger partial charge in [0, 0.05) is 31.7 Å². The molecule has 7 nitrogen and oxygen atoms in total. The molecule has 1 aromatic heterocycles. The fourth-order valence-electron chi connectivity index (χ4n) is 4.02. The Labute approximate surface area is 158 Å². The third-order valence-corrected chi connectivity index (χ3v) is 5.41. The van der Waals surface area contributed by atoms with Crippen LogP contribution in [0.4, 0.5) is 5.69 Å². The van der Waals surface area contributed by atoms with Crippen molar-refractivity contribution in [2.45, 2.75) is 26.3 Å². The maximum Gasteiger partial charge on any atom is 0.228 e. The fraction of sp³-hybridized carbons (Fsp3) is 0.450. The molecule has 0 bridgehead atoms. The van der Waals surface area contributed by atoms with Crippen LogP contribution < -0.4 is 9.64 Å². The smallest absolute Gasteiger partial charge is 0.228 e. The fourth-order valence-corrected chi connectivity index (χ4v) is 4.02. The summed E-state index contributed by atoms with van der Waals surface area (Å²) in [6.07, 6.45) is 0.248. The van der Waals surface area contributed by atoms with Gasteiger partial charge in [0.15, 0.2) is 0 Å². The molecule has 0 aliphatic carbocycles. The number of benzene rings is 1. The standard InChI is InChI=1S/C20H24N4O3/c1-13-8-14(2)24(21-13)16-11-22(12-16)20(26)15-9-19(25)23(10-15)17-6-4-5-7-18(17)27-3/h4-8,15-16H,9-12H2,1-3H3/t15-/m1/s1. The van der Waals surface area contributed by atoms with Crippen LogP contribution in [0.25, 0.3) is 0 Å². The Balaban J connectivity index is 1.41. The molecule has 0 radical (unpaired) electrons. The summed E-state index contributed by atoms with van der Waals surface area (Å²) in [5, 5.41) is 4.51. The van der Waals surface area contributed by atoms with E-state index in [2.05, 4.69) is 5.10 Å². The molecule has 27 heavy (non-hydrogen) atoms. The van der Waals surface area contributed by atoms with Crippen LogP contribution in [-0.2, 0) is 9.59 Å². The molecular formula is C20H24N4O3. The number of carbonyl (C=O) groups is 2. The second kappa shape index (κ2) is 6.72. The molecule has 0 unspecified atom stereocenters. The highest BCUT2D eigenvalue weighted by molar-refractivity contribution is 6.01. The van der Waals surface area contributed by atoms with Gasteiger partial charge in [0.2, 0.25) is 11.8 Å². The van der Waals surface area contributed by atoms with Crippen molar-refractivity contribution in [3.8, 4) is 5.75 Å². The van der Waals surface area contributed by atoms with Crippen LogP contribution in [0.1, 0.15) is 23.9 Å². The van der Waals surface area contributed by atoms with Crippen molar-refractivity contribution in [2.75, 3.05) is 31.6 Å². The van der Waals surface area contributed by atoms with Crippen molar-refractivity contribution in [2.24, 2.45) is 5.92 Å². The van der Waals surface area contributed by atoms with E-state index in [0.717, 1.165) is 17.1 Å². The van der Waals surface area contributed by atoms with E-state index in [1.165, 1.54) is 0 Å². The van der Waals surface area contributed by atoms with Crippen molar-refractivity contribution in [1.82, 2.24) is 14.7 Å². The summed E-state index contributed by atoms with van der Waals surface area (Å²) in [6, 6.07) is 9.69. The number of likely N-dealkylation sites (tertiary alicyclic amines) is 1. The van der Waals surface area contributed by atoms with Crippen molar-refractivity contribution < 1.29 is 14.3 Å². The Bertz CT molecular complexity index is 885. The first-order chi connectivity index (χ1) is 13.0. The number of para-hydroxylation sites is 2. The predicted octanol–water partition coefficient (Wildman–Crippen LogP) is 1.94. The molecule has 0 saturated carbocycles. The number of ether oxygens (including phenoxy) is 1. The monoisotopic (exact) mass is 368 g/mol. The van der Waals surface area contributed by atoms with Gasteiger partial charge in [-0.2, -0.15) is 5.10 Å². The van der Waals surface area contributed by atoms with Gasteiger partial charge in [0.25, 0.3) is 0 Å². The van der Waals surface area contributed by atoms with Crippen LogP contribution in [0.2, 0.25) is 0 Å². The minimum Gasteiger partial charge on any atom is -0.495 e. The highest BCUT2D eigenvalue weighted by Crippen LogP contribution is 2.34. The quantitative estimate of drug-likeness (QED) is 0.827. The first kappa shape index (κ1) is 17.6. The molecule has 3 heterocycles. The molecule has 2 aromatic rings. The zero-order chi connectivity index (χ0) is 19.1. The Hall–Kier alpha value is -2.83. The number of amides is 2. The Morgan fingerprint density at radius 2 is 1.93 bits per heavy atom. The Kier molecular flexibility index (Phi) is 4.37. The number of anilines is 1. The van der Waals surface area contributed by atoms with Gasteiger partial charge in [0.05, 0.1) is 30.5 Å². The molecule has 2 amide bonds. The van der Waals surface area contributed by atoms with E-state index in [4.69, 9.17) is 4.74 Å². The minimum absolute atomic E-state index is 0.0338. The summed E-state index contributed by atoms with van der Waals surface area (Å²) in [4.78, 5) is 28.9. The molecular weight excluding hydrogens is 344 g/mol. The molecule has 142 valence electrons.